The second kappa shape index (κ2) is 8.02. The Bertz CT molecular complexity index is 606. The maximum absolute atomic E-state index is 11.9. The van der Waals surface area contributed by atoms with Crippen LogP contribution in [0.2, 0.25) is 5.02 Å². The lowest BCUT2D eigenvalue weighted by Gasteiger charge is -2.10. The van der Waals surface area contributed by atoms with Gasteiger partial charge in [-0.25, -0.2) is 4.79 Å². The average Bonchev–Trinajstić information content (AvgIpc) is 2.44. The molecule has 0 aliphatic heterocycles. The summed E-state index contributed by atoms with van der Waals surface area (Å²) in [5, 5.41) is 17.2. The number of carbonyl (C=O) groups excluding carboxylic acids is 2. The zero-order valence-electron chi connectivity index (χ0n) is 11.0. The fraction of sp³-hybridized carbons (Fsp3) is 0.286. The molecule has 21 heavy (non-hydrogen) atoms. The van der Waals surface area contributed by atoms with Crippen LogP contribution in [0.25, 0.3) is 0 Å². The fourth-order valence-electron chi connectivity index (χ4n) is 1.50. The van der Waals surface area contributed by atoms with E-state index >= 15 is 0 Å². The van der Waals surface area contributed by atoms with Gasteiger partial charge in [0.15, 0.2) is 5.78 Å². The van der Waals surface area contributed by atoms with Crippen LogP contribution in [-0.2, 0) is 9.59 Å². The van der Waals surface area contributed by atoms with E-state index in [1.165, 1.54) is 18.2 Å². The maximum Gasteiger partial charge on any atom is 0.372 e. The SMILES string of the molecule is N#CCCCOc1ccc(Cl)cc1C(=O)CC(=O)C(=O)O. The molecule has 0 amide bonds. The highest BCUT2D eigenvalue weighted by atomic mass is 35.5. The molecule has 0 aromatic heterocycles. The topological polar surface area (TPSA) is 104 Å². The Labute approximate surface area is 125 Å². The molecule has 1 rings (SSSR count). The van der Waals surface area contributed by atoms with Gasteiger partial charge in [0.05, 0.1) is 24.7 Å². The van der Waals surface area contributed by atoms with Crippen LogP contribution in [0.5, 0.6) is 5.75 Å². The summed E-state index contributed by atoms with van der Waals surface area (Å²) in [4.78, 5) is 33.5. The van der Waals surface area contributed by atoms with Gasteiger partial charge < -0.3 is 9.84 Å². The Hall–Kier alpha value is -2.39. The number of benzene rings is 1. The maximum atomic E-state index is 11.9. The predicted octanol–water partition coefficient (Wildman–Crippen LogP) is 2.25. The Morgan fingerprint density at radius 1 is 1.33 bits per heavy atom. The van der Waals surface area contributed by atoms with Gasteiger partial charge in [-0.05, 0) is 24.6 Å². The Balaban J connectivity index is 2.86. The highest BCUT2D eigenvalue weighted by Gasteiger charge is 2.21. The van der Waals surface area contributed by atoms with Gasteiger partial charge in [0.2, 0.25) is 5.78 Å². The molecule has 0 spiro atoms. The van der Waals surface area contributed by atoms with Crippen molar-refractivity contribution in [2.24, 2.45) is 0 Å². The van der Waals surface area contributed by atoms with Crippen LogP contribution in [0.15, 0.2) is 18.2 Å². The number of hydrogen-bond donors (Lipinski definition) is 1. The molecule has 0 aliphatic carbocycles. The van der Waals surface area contributed by atoms with Crippen LogP contribution in [0.4, 0.5) is 0 Å². The lowest BCUT2D eigenvalue weighted by atomic mass is 10.0. The molecular formula is C14H12ClNO5. The van der Waals surface area contributed by atoms with Crippen molar-refractivity contribution >= 4 is 29.1 Å². The van der Waals surface area contributed by atoms with Crippen molar-refractivity contribution in [3.8, 4) is 11.8 Å². The summed E-state index contributed by atoms with van der Waals surface area (Å²) in [6.45, 7) is 0.225. The molecule has 0 radical (unpaired) electrons. The number of nitrogens with zero attached hydrogens (tertiary/aromatic N) is 1. The van der Waals surface area contributed by atoms with E-state index in [0.717, 1.165) is 0 Å². The number of nitriles is 1. The monoisotopic (exact) mass is 309 g/mol. The second-order valence-corrected chi connectivity index (χ2v) is 4.52. The zero-order chi connectivity index (χ0) is 15.8. The highest BCUT2D eigenvalue weighted by Crippen LogP contribution is 2.24. The Morgan fingerprint density at radius 2 is 2.05 bits per heavy atom. The number of carbonyl (C=O) groups is 3. The molecule has 110 valence electrons. The van der Waals surface area contributed by atoms with Gasteiger partial charge in [0.25, 0.3) is 0 Å². The van der Waals surface area contributed by atoms with Crippen LogP contribution < -0.4 is 4.74 Å². The Morgan fingerprint density at radius 3 is 2.67 bits per heavy atom. The van der Waals surface area contributed by atoms with E-state index in [-0.39, 0.29) is 22.9 Å². The molecule has 6 nitrogen and oxygen atoms in total. The molecule has 7 heteroatoms. The van der Waals surface area contributed by atoms with Gasteiger partial charge in [-0.2, -0.15) is 5.26 Å². The van der Waals surface area contributed by atoms with E-state index in [1.54, 1.807) is 0 Å². The van der Waals surface area contributed by atoms with Crippen molar-refractivity contribution in [2.45, 2.75) is 19.3 Å². The molecule has 0 saturated carbocycles. The van der Waals surface area contributed by atoms with Crippen molar-refractivity contribution in [1.82, 2.24) is 0 Å². The van der Waals surface area contributed by atoms with Crippen LogP contribution in [0.1, 0.15) is 29.6 Å². The van der Waals surface area contributed by atoms with Gasteiger partial charge in [-0.3, -0.25) is 9.59 Å². The molecule has 0 atom stereocenters. The van der Waals surface area contributed by atoms with E-state index in [4.69, 9.17) is 26.7 Å². The number of ether oxygens (including phenoxy) is 1. The molecule has 0 saturated heterocycles. The van der Waals surface area contributed by atoms with E-state index in [9.17, 15) is 14.4 Å². The third kappa shape index (κ3) is 5.24. The lowest BCUT2D eigenvalue weighted by molar-refractivity contribution is -0.148. The minimum atomic E-state index is -1.66. The minimum absolute atomic E-state index is 0.0501. The molecule has 0 unspecified atom stereocenters. The van der Waals surface area contributed by atoms with E-state index < -0.39 is 24.0 Å². The van der Waals surface area contributed by atoms with E-state index in [0.29, 0.717) is 12.8 Å². The summed E-state index contributed by atoms with van der Waals surface area (Å²) in [6.07, 6.45) is 0.0411. The quantitative estimate of drug-likeness (QED) is 0.342. The van der Waals surface area contributed by atoms with Gasteiger partial charge in [0.1, 0.15) is 5.75 Å². The van der Waals surface area contributed by atoms with Crippen molar-refractivity contribution < 1.29 is 24.2 Å². The highest BCUT2D eigenvalue weighted by molar-refractivity contribution is 6.37. The molecule has 0 fully saturated rings. The number of ketones is 2. The first kappa shape index (κ1) is 16.7. The molecule has 1 aromatic carbocycles. The number of carboxylic acid groups (broad SMARTS) is 1. The van der Waals surface area contributed by atoms with E-state index in [2.05, 4.69) is 0 Å². The normalized spacial score (nSPS) is 9.71. The minimum Gasteiger partial charge on any atom is -0.493 e. The van der Waals surface area contributed by atoms with Crippen LogP contribution in [0.3, 0.4) is 0 Å². The third-order valence-corrected chi connectivity index (χ3v) is 2.73. The van der Waals surface area contributed by atoms with E-state index in [1.807, 2.05) is 6.07 Å². The molecule has 1 N–H and O–H groups in total. The smallest absolute Gasteiger partial charge is 0.372 e. The summed E-state index contributed by atoms with van der Waals surface area (Å²) >= 11 is 5.79. The number of halogens is 1. The van der Waals surface area contributed by atoms with Gasteiger partial charge >= 0.3 is 5.97 Å². The van der Waals surface area contributed by atoms with Gasteiger partial charge in [-0.15, -0.1) is 0 Å². The first-order chi connectivity index (χ1) is 9.95. The number of unbranched alkanes of at least 4 members (excludes halogenated alkanes) is 1. The van der Waals surface area contributed by atoms with Crippen molar-refractivity contribution in [1.29, 1.82) is 5.26 Å². The molecule has 0 bridgehead atoms. The van der Waals surface area contributed by atoms with Crippen molar-refractivity contribution in [3.05, 3.63) is 28.8 Å². The summed E-state index contributed by atoms with van der Waals surface area (Å²) < 4.78 is 5.37. The molecule has 1 aromatic rings. The van der Waals surface area contributed by atoms with Gasteiger partial charge in [0, 0.05) is 11.4 Å². The molecule has 0 aliphatic rings. The average molecular weight is 310 g/mol. The summed E-state index contributed by atoms with van der Waals surface area (Å²) in [7, 11) is 0. The summed E-state index contributed by atoms with van der Waals surface area (Å²) in [6, 6.07) is 6.26. The summed E-state index contributed by atoms with van der Waals surface area (Å²) in [5.74, 6) is -3.34. The summed E-state index contributed by atoms with van der Waals surface area (Å²) in [5.41, 5.74) is 0.0501. The number of carboxylic acids is 1. The lowest BCUT2D eigenvalue weighted by Crippen LogP contribution is -2.17. The third-order valence-electron chi connectivity index (χ3n) is 2.49. The first-order valence-electron chi connectivity index (χ1n) is 6.04. The fourth-order valence-corrected chi connectivity index (χ4v) is 1.67. The first-order valence-corrected chi connectivity index (χ1v) is 6.42. The van der Waals surface area contributed by atoms with Crippen molar-refractivity contribution in [2.75, 3.05) is 6.61 Å². The predicted molar refractivity (Wildman–Crippen MR) is 73.4 cm³/mol. The largest absolute Gasteiger partial charge is 0.493 e. The second-order valence-electron chi connectivity index (χ2n) is 4.08. The van der Waals surface area contributed by atoms with Crippen LogP contribution in [-0.4, -0.2) is 29.2 Å². The van der Waals surface area contributed by atoms with Crippen LogP contribution in [0, 0.1) is 11.3 Å². The number of Topliss-reactive ketones (excluding diaryl/α,β-unsaturated/α-hetero) is 2. The Kier molecular flexibility index (Phi) is 6.37. The number of aliphatic carboxylic acids is 1. The number of rotatable bonds is 8. The van der Waals surface area contributed by atoms with Crippen LogP contribution >= 0.6 is 11.6 Å². The number of hydrogen-bond acceptors (Lipinski definition) is 5. The standard InChI is InChI=1S/C14H12ClNO5/c15-9-3-4-13(21-6-2-1-5-16)10(7-9)11(17)8-12(18)14(19)20/h3-4,7H,1-2,6,8H2,(H,19,20). The molecular weight excluding hydrogens is 298 g/mol. The van der Waals surface area contributed by atoms with Crippen molar-refractivity contribution in [3.63, 3.8) is 0 Å². The molecule has 0 heterocycles. The van der Waals surface area contributed by atoms with Gasteiger partial charge in [-0.1, -0.05) is 11.6 Å². The zero-order valence-corrected chi connectivity index (χ0v) is 11.7.